The summed E-state index contributed by atoms with van der Waals surface area (Å²) in [6.45, 7) is 0.807. The first-order chi connectivity index (χ1) is 8.20. The molecule has 0 aliphatic rings. The Bertz CT molecular complexity index is 283. The number of aliphatic imine (C=N–C) groups is 1. The van der Waals surface area contributed by atoms with Crippen molar-refractivity contribution in [3.8, 4) is 6.19 Å². The van der Waals surface area contributed by atoms with Gasteiger partial charge in [-0.3, -0.25) is 15.7 Å². The second kappa shape index (κ2) is 11.1. The van der Waals surface area contributed by atoms with E-state index in [9.17, 15) is 0 Å². The van der Waals surface area contributed by atoms with E-state index in [1.54, 1.807) is 7.05 Å². The van der Waals surface area contributed by atoms with Crippen LogP contribution < -0.4 is 16.4 Å². The van der Waals surface area contributed by atoms with E-state index in [1.807, 2.05) is 6.19 Å². The van der Waals surface area contributed by atoms with Crippen molar-refractivity contribution in [1.29, 1.82) is 10.7 Å². The molecule has 96 valence electrons. The molecule has 0 rings (SSSR count). The topological polar surface area (TPSA) is 110 Å². The Morgan fingerprint density at radius 3 is 2.71 bits per heavy atom. The van der Waals surface area contributed by atoms with Gasteiger partial charge in [0.15, 0.2) is 11.4 Å². The van der Waals surface area contributed by atoms with Gasteiger partial charge in [0.2, 0.25) is 5.96 Å². The molecule has 0 fully saturated rings. The van der Waals surface area contributed by atoms with Crippen molar-refractivity contribution in [2.24, 2.45) is 10.7 Å². The van der Waals surface area contributed by atoms with Crippen LogP contribution in [-0.2, 0) is 0 Å². The third-order valence-electron chi connectivity index (χ3n) is 2.02. The maximum Gasteiger partial charge on any atom is 0.204 e. The van der Waals surface area contributed by atoms with Crippen molar-refractivity contribution in [1.82, 2.24) is 10.6 Å². The molecular weight excluding hydrogens is 236 g/mol. The minimum atomic E-state index is 0.193. The van der Waals surface area contributed by atoms with Crippen molar-refractivity contribution in [3.05, 3.63) is 0 Å². The number of unbranched alkanes of at least 4 members (excludes halogenated alkanes) is 3. The maximum atomic E-state index is 8.40. The first-order valence-corrected chi connectivity index (χ1v) is 6.52. The Morgan fingerprint density at radius 1 is 1.41 bits per heavy atom. The first-order valence-electron chi connectivity index (χ1n) is 5.53. The molecule has 0 amide bonds. The number of hydrogen-bond donors (Lipinski definition) is 4. The molecule has 0 atom stereocenters. The van der Waals surface area contributed by atoms with Gasteiger partial charge in [-0.25, -0.2) is 0 Å². The van der Waals surface area contributed by atoms with Crippen LogP contribution in [0.5, 0.6) is 0 Å². The van der Waals surface area contributed by atoms with Crippen LogP contribution in [0.4, 0.5) is 0 Å². The molecule has 0 aromatic heterocycles. The fourth-order valence-electron chi connectivity index (χ4n) is 1.20. The summed E-state index contributed by atoms with van der Waals surface area (Å²) >= 11 is 1.39. The minimum Gasteiger partial charge on any atom is -0.379 e. The number of rotatable bonds is 7. The standard InChI is InChI=1S/C10H20N6S/c1-14-10(16-8-11)15-6-4-2-3-5-7-17-9(12)13/h2-7H2,1H3,(H3,12,13)(H2,14,15,16). The second-order valence-corrected chi connectivity index (χ2v) is 4.50. The largest absolute Gasteiger partial charge is 0.379 e. The lowest BCUT2D eigenvalue weighted by atomic mass is 10.2. The number of nitrogens with two attached hydrogens (primary N) is 1. The van der Waals surface area contributed by atoms with Crippen LogP contribution in [0.1, 0.15) is 25.7 Å². The van der Waals surface area contributed by atoms with E-state index in [0.717, 1.165) is 38.0 Å². The highest BCUT2D eigenvalue weighted by atomic mass is 32.2. The van der Waals surface area contributed by atoms with Gasteiger partial charge >= 0.3 is 0 Å². The quantitative estimate of drug-likeness (QED) is 0.177. The molecule has 17 heavy (non-hydrogen) atoms. The molecule has 5 N–H and O–H groups in total. The summed E-state index contributed by atoms with van der Waals surface area (Å²) in [5.41, 5.74) is 5.22. The summed E-state index contributed by atoms with van der Waals surface area (Å²) in [5, 5.41) is 21.1. The highest BCUT2D eigenvalue weighted by Crippen LogP contribution is 2.06. The maximum absolute atomic E-state index is 8.40. The Balaban J connectivity index is 3.29. The van der Waals surface area contributed by atoms with E-state index < -0.39 is 0 Å². The summed E-state index contributed by atoms with van der Waals surface area (Å²) in [6, 6.07) is 0. The van der Waals surface area contributed by atoms with Gasteiger partial charge in [-0.2, -0.15) is 5.26 Å². The lowest BCUT2D eigenvalue weighted by molar-refractivity contribution is 0.654. The summed E-state index contributed by atoms with van der Waals surface area (Å²) < 4.78 is 0. The van der Waals surface area contributed by atoms with Crippen LogP contribution in [0, 0.1) is 16.9 Å². The molecule has 0 aromatic rings. The number of nitrogens with one attached hydrogen (secondary N) is 3. The van der Waals surface area contributed by atoms with Gasteiger partial charge in [0.1, 0.15) is 0 Å². The molecule has 0 bridgehead atoms. The number of guanidine groups is 1. The molecule has 0 aliphatic carbocycles. The molecule has 6 nitrogen and oxygen atoms in total. The van der Waals surface area contributed by atoms with Gasteiger partial charge in [-0.05, 0) is 12.8 Å². The van der Waals surface area contributed by atoms with E-state index >= 15 is 0 Å². The monoisotopic (exact) mass is 256 g/mol. The smallest absolute Gasteiger partial charge is 0.204 e. The first kappa shape index (κ1) is 15.6. The summed E-state index contributed by atoms with van der Waals surface area (Å²) in [7, 11) is 1.63. The number of hydrogen-bond acceptors (Lipinski definition) is 4. The summed E-state index contributed by atoms with van der Waals surface area (Å²) in [6.07, 6.45) is 6.19. The zero-order valence-electron chi connectivity index (χ0n) is 10.1. The van der Waals surface area contributed by atoms with Crippen molar-refractivity contribution in [3.63, 3.8) is 0 Å². The minimum absolute atomic E-state index is 0.193. The van der Waals surface area contributed by atoms with Crippen LogP contribution in [0.25, 0.3) is 0 Å². The van der Waals surface area contributed by atoms with Crippen molar-refractivity contribution >= 4 is 22.9 Å². The molecule has 7 heteroatoms. The average Bonchev–Trinajstić information content (AvgIpc) is 2.30. The summed E-state index contributed by atoms with van der Waals surface area (Å²) in [5.74, 6) is 1.43. The van der Waals surface area contributed by atoms with Gasteiger partial charge in [0.05, 0.1) is 0 Å². The van der Waals surface area contributed by atoms with Gasteiger partial charge in [-0.1, -0.05) is 24.6 Å². The van der Waals surface area contributed by atoms with Crippen molar-refractivity contribution < 1.29 is 0 Å². The van der Waals surface area contributed by atoms with E-state index in [1.165, 1.54) is 11.8 Å². The van der Waals surface area contributed by atoms with E-state index in [-0.39, 0.29) is 5.17 Å². The van der Waals surface area contributed by atoms with Crippen LogP contribution in [-0.4, -0.2) is 30.5 Å². The second-order valence-electron chi connectivity index (χ2n) is 3.36. The predicted octanol–water partition coefficient (Wildman–Crippen LogP) is 0.820. The fourth-order valence-corrected chi connectivity index (χ4v) is 1.77. The highest BCUT2D eigenvalue weighted by molar-refractivity contribution is 8.13. The number of thioether (sulfide) groups is 1. The Labute approximate surface area is 107 Å². The molecule has 0 radical (unpaired) electrons. The third kappa shape index (κ3) is 10.9. The molecule has 0 saturated carbocycles. The number of nitrogens with zero attached hydrogens (tertiary/aromatic N) is 2. The van der Waals surface area contributed by atoms with Crippen molar-refractivity contribution in [2.75, 3.05) is 19.3 Å². The lowest BCUT2D eigenvalue weighted by Crippen LogP contribution is -2.34. The van der Waals surface area contributed by atoms with Gasteiger partial charge in [0, 0.05) is 19.3 Å². The third-order valence-corrected chi connectivity index (χ3v) is 2.82. The zero-order valence-corrected chi connectivity index (χ0v) is 10.9. The van der Waals surface area contributed by atoms with Gasteiger partial charge in [0.25, 0.3) is 0 Å². The molecule has 0 spiro atoms. The molecule has 0 heterocycles. The Morgan fingerprint density at radius 2 is 2.12 bits per heavy atom. The molecule has 0 aliphatic heterocycles. The fraction of sp³-hybridized carbons (Fsp3) is 0.700. The Hall–Kier alpha value is -1.42. The predicted molar refractivity (Wildman–Crippen MR) is 73.0 cm³/mol. The molecule has 0 saturated heterocycles. The average molecular weight is 256 g/mol. The SMILES string of the molecule is C/N=C(/NC#N)NCCCCCCSC(=N)N. The Kier molecular flexibility index (Phi) is 10.2. The zero-order chi connectivity index (χ0) is 12.9. The highest BCUT2D eigenvalue weighted by Gasteiger charge is 1.95. The van der Waals surface area contributed by atoms with E-state index in [2.05, 4.69) is 15.6 Å². The van der Waals surface area contributed by atoms with Crippen LogP contribution in [0.15, 0.2) is 4.99 Å². The van der Waals surface area contributed by atoms with Crippen molar-refractivity contribution in [2.45, 2.75) is 25.7 Å². The number of amidine groups is 1. The van der Waals surface area contributed by atoms with Gasteiger partial charge < -0.3 is 11.1 Å². The normalized spacial score (nSPS) is 10.7. The summed E-state index contributed by atoms with van der Waals surface area (Å²) in [4.78, 5) is 3.88. The van der Waals surface area contributed by atoms with E-state index in [4.69, 9.17) is 16.4 Å². The van der Waals surface area contributed by atoms with Crippen LogP contribution >= 0.6 is 11.8 Å². The van der Waals surface area contributed by atoms with Gasteiger partial charge in [-0.15, -0.1) is 0 Å². The lowest BCUT2D eigenvalue weighted by Gasteiger charge is -2.06. The molecular formula is C10H20N6S. The van der Waals surface area contributed by atoms with E-state index in [0.29, 0.717) is 5.96 Å². The molecule has 0 unspecified atom stereocenters. The van der Waals surface area contributed by atoms with Crippen LogP contribution in [0.2, 0.25) is 0 Å². The number of nitriles is 1. The van der Waals surface area contributed by atoms with Crippen LogP contribution in [0.3, 0.4) is 0 Å². The molecule has 0 aromatic carbocycles.